The second-order valence-corrected chi connectivity index (χ2v) is 5.81. The summed E-state index contributed by atoms with van der Waals surface area (Å²) in [4.78, 5) is 12.6. The third-order valence-corrected chi connectivity index (χ3v) is 4.19. The van der Waals surface area contributed by atoms with Gasteiger partial charge in [-0.05, 0) is 30.2 Å². The second kappa shape index (κ2) is 5.87. The van der Waals surface area contributed by atoms with E-state index in [4.69, 9.17) is 0 Å². The van der Waals surface area contributed by atoms with Gasteiger partial charge in [0.2, 0.25) is 5.91 Å². The van der Waals surface area contributed by atoms with E-state index in [0.717, 1.165) is 22.6 Å². The van der Waals surface area contributed by atoms with Gasteiger partial charge in [-0.2, -0.15) is 0 Å². The number of hydrogen-bond donors (Lipinski definition) is 1. The van der Waals surface area contributed by atoms with Gasteiger partial charge in [-0.3, -0.25) is 4.79 Å². The predicted octanol–water partition coefficient (Wildman–Crippen LogP) is 3.26. The standard InChI is InChI=1S/C12H13BrFNOS/c13-5-3-12(16)15-10-4-6-17-11-2-1-8(14)7-9(10)11/h1-2,7,10H,3-6H2,(H,15,16). The highest BCUT2D eigenvalue weighted by atomic mass is 79.9. The van der Waals surface area contributed by atoms with Crippen LogP contribution in [0.15, 0.2) is 23.1 Å². The summed E-state index contributed by atoms with van der Waals surface area (Å²) in [6.45, 7) is 0. The van der Waals surface area contributed by atoms with Gasteiger partial charge in [0.05, 0.1) is 6.04 Å². The lowest BCUT2D eigenvalue weighted by Crippen LogP contribution is -2.30. The summed E-state index contributed by atoms with van der Waals surface area (Å²) in [5.41, 5.74) is 0.907. The van der Waals surface area contributed by atoms with Crippen molar-refractivity contribution in [2.75, 3.05) is 11.1 Å². The lowest BCUT2D eigenvalue weighted by molar-refractivity contribution is -0.121. The fraction of sp³-hybridized carbons (Fsp3) is 0.417. The summed E-state index contributed by atoms with van der Waals surface area (Å²) >= 11 is 4.95. The molecule has 1 N–H and O–H groups in total. The van der Waals surface area contributed by atoms with E-state index in [-0.39, 0.29) is 17.8 Å². The van der Waals surface area contributed by atoms with Gasteiger partial charge in [-0.25, -0.2) is 4.39 Å². The quantitative estimate of drug-likeness (QED) is 0.867. The van der Waals surface area contributed by atoms with Gasteiger partial charge in [0.25, 0.3) is 0 Å². The number of alkyl halides is 1. The smallest absolute Gasteiger partial charge is 0.221 e. The van der Waals surface area contributed by atoms with Gasteiger partial charge < -0.3 is 5.32 Å². The number of carbonyl (C=O) groups is 1. The highest BCUT2D eigenvalue weighted by Crippen LogP contribution is 2.36. The number of halogens is 2. The molecule has 17 heavy (non-hydrogen) atoms. The molecular weight excluding hydrogens is 305 g/mol. The molecule has 1 aromatic rings. The molecule has 1 atom stereocenters. The summed E-state index contributed by atoms with van der Waals surface area (Å²) in [6.07, 6.45) is 1.31. The molecule has 2 rings (SSSR count). The number of thioether (sulfide) groups is 1. The molecule has 0 saturated carbocycles. The topological polar surface area (TPSA) is 29.1 Å². The molecule has 1 aliphatic heterocycles. The maximum Gasteiger partial charge on any atom is 0.221 e. The fourth-order valence-corrected chi connectivity index (χ4v) is 3.33. The minimum absolute atomic E-state index is 0.00832. The molecule has 0 radical (unpaired) electrons. The van der Waals surface area contributed by atoms with E-state index in [1.54, 1.807) is 17.8 Å². The van der Waals surface area contributed by atoms with E-state index in [9.17, 15) is 9.18 Å². The number of fused-ring (bicyclic) bond motifs is 1. The molecule has 1 amide bonds. The Morgan fingerprint density at radius 3 is 3.18 bits per heavy atom. The Morgan fingerprint density at radius 2 is 2.41 bits per heavy atom. The summed E-state index contributed by atoms with van der Waals surface area (Å²) in [5.74, 6) is 0.720. The molecule has 92 valence electrons. The monoisotopic (exact) mass is 317 g/mol. The van der Waals surface area contributed by atoms with Crippen LogP contribution in [-0.4, -0.2) is 17.0 Å². The van der Waals surface area contributed by atoms with Gasteiger partial charge in [0.1, 0.15) is 5.82 Å². The highest BCUT2D eigenvalue weighted by Gasteiger charge is 2.22. The minimum atomic E-state index is -0.244. The first-order valence-electron chi connectivity index (χ1n) is 5.48. The maximum atomic E-state index is 13.2. The Labute approximate surface area is 112 Å². The van der Waals surface area contributed by atoms with Crippen molar-refractivity contribution in [2.24, 2.45) is 0 Å². The van der Waals surface area contributed by atoms with Crippen LogP contribution in [0.25, 0.3) is 0 Å². The fourth-order valence-electron chi connectivity index (χ4n) is 1.87. The number of hydrogen-bond acceptors (Lipinski definition) is 2. The van der Waals surface area contributed by atoms with Crippen LogP contribution in [0.4, 0.5) is 4.39 Å². The summed E-state index contributed by atoms with van der Waals surface area (Å²) in [5, 5.41) is 3.60. The molecule has 0 spiro atoms. The normalized spacial score (nSPS) is 18.6. The average molecular weight is 318 g/mol. The minimum Gasteiger partial charge on any atom is -0.349 e. The molecule has 0 bridgehead atoms. The largest absolute Gasteiger partial charge is 0.349 e. The zero-order valence-electron chi connectivity index (χ0n) is 9.21. The molecule has 0 fully saturated rings. The van der Waals surface area contributed by atoms with Crippen molar-refractivity contribution in [2.45, 2.75) is 23.8 Å². The van der Waals surface area contributed by atoms with E-state index in [0.29, 0.717) is 11.8 Å². The van der Waals surface area contributed by atoms with Gasteiger partial charge in [-0.1, -0.05) is 15.9 Å². The second-order valence-electron chi connectivity index (χ2n) is 3.88. The Kier molecular flexibility index (Phi) is 4.45. The molecule has 0 aliphatic carbocycles. The molecule has 1 aliphatic rings. The first kappa shape index (κ1) is 12.9. The number of benzene rings is 1. The van der Waals surface area contributed by atoms with Crippen molar-refractivity contribution in [3.8, 4) is 0 Å². The van der Waals surface area contributed by atoms with Gasteiger partial charge in [-0.15, -0.1) is 11.8 Å². The zero-order chi connectivity index (χ0) is 12.3. The summed E-state index contributed by atoms with van der Waals surface area (Å²) in [7, 11) is 0. The van der Waals surface area contributed by atoms with Crippen LogP contribution >= 0.6 is 27.7 Å². The molecule has 5 heteroatoms. The molecule has 1 heterocycles. The van der Waals surface area contributed by atoms with Crippen LogP contribution in [0.1, 0.15) is 24.4 Å². The Bertz CT molecular complexity index is 427. The molecule has 1 aromatic carbocycles. The van der Waals surface area contributed by atoms with E-state index in [2.05, 4.69) is 21.2 Å². The molecule has 0 aromatic heterocycles. The van der Waals surface area contributed by atoms with Gasteiger partial charge in [0.15, 0.2) is 0 Å². The van der Waals surface area contributed by atoms with Gasteiger partial charge >= 0.3 is 0 Å². The van der Waals surface area contributed by atoms with E-state index >= 15 is 0 Å². The lowest BCUT2D eigenvalue weighted by atomic mass is 10.0. The summed E-state index contributed by atoms with van der Waals surface area (Å²) in [6, 6.07) is 4.74. The van der Waals surface area contributed by atoms with Gasteiger partial charge in [0, 0.05) is 22.4 Å². The van der Waals surface area contributed by atoms with Crippen LogP contribution in [0.5, 0.6) is 0 Å². The first-order valence-corrected chi connectivity index (χ1v) is 7.59. The third-order valence-electron chi connectivity index (χ3n) is 2.67. The highest BCUT2D eigenvalue weighted by molar-refractivity contribution is 9.09. The van der Waals surface area contributed by atoms with Crippen LogP contribution in [0, 0.1) is 5.82 Å². The number of nitrogens with one attached hydrogen (secondary N) is 1. The molecule has 1 unspecified atom stereocenters. The Balaban J connectivity index is 2.16. The SMILES string of the molecule is O=C(CCBr)NC1CCSc2ccc(F)cc21. The van der Waals surface area contributed by atoms with Crippen LogP contribution < -0.4 is 5.32 Å². The Hall–Kier alpha value is -0.550. The van der Waals surface area contributed by atoms with Crippen molar-refractivity contribution >= 4 is 33.6 Å². The van der Waals surface area contributed by atoms with Crippen LogP contribution in [0.2, 0.25) is 0 Å². The van der Waals surface area contributed by atoms with Crippen molar-refractivity contribution in [3.63, 3.8) is 0 Å². The molecular formula is C12H13BrFNOS. The predicted molar refractivity (Wildman–Crippen MR) is 71.0 cm³/mol. The number of rotatable bonds is 3. The average Bonchev–Trinajstić information content (AvgIpc) is 2.30. The zero-order valence-corrected chi connectivity index (χ0v) is 11.6. The van der Waals surface area contributed by atoms with Crippen molar-refractivity contribution < 1.29 is 9.18 Å². The van der Waals surface area contributed by atoms with Crippen molar-refractivity contribution in [1.82, 2.24) is 5.32 Å². The lowest BCUT2D eigenvalue weighted by Gasteiger charge is -2.25. The van der Waals surface area contributed by atoms with Crippen molar-refractivity contribution in [3.05, 3.63) is 29.6 Å². The van der Waals surface area contributed by atoms with E-state index in [1.165, 1.54) is 12.1 Å². The van der Waals surface area contributed by atoms with Crippen molar-refractivity contribution in [1.29, 1.82) is 0 Å². The van der Waals surface area contributed by atoms with Crippen LogP contribution in [-0.2, 0) is 4.79 Å². The third kappa shape index (κ3) is 3.22. The number of amides is 1. The molecule has 0 saturated heterocycles. The van der Waals surface area contributed by atoms with E-state index < -0.39 is 0 Å². The van der Waals surface area contributed by atoms with E-state index in [1.807, 2.05) is 0 Å². The van der Waals surface area contributed by atoms with Crippen LogP contribution in [0.3, 0.4) is 0 Å². The summed E-state index contributed by atoms with van der Waals surface area (Å²) < 4.78 is 13.2. The number of carbonyl (C=O) groups excluding carboxylic acids is 1. The molecule has 2 nitrogen and oxygen atoms in total. The first-order chi connectivity index (χ1) is 8.20. The Morgan fingerprint density at radius 1 is 1.59 bits per heavy atom. The maximum absolute atomic E-state index is 13.2.